The molecule has 0 fully saturated rings. The van der Waals surface area contributed by atoms with Gasteiger partial charge in [-0.2, -0.15) is 0 Å². The monoisotopic (exact) mass is 215 g/mol. The maximum atomic E-state index is 5.72. The number of hydrogen-bond acceptors (Lipinski definition) is 2. The molecule has 92 valence electrons. The smallest absolute Gasteiger partial charge is 0.0671 e. The topological polar surface area (TPSA) is 21.3 Å². The third-order valence-corrected chi connectivity index (χ3v) is 2.77. The molecule has 2 nitrogen and oxygen atoms in total. The lowest BCUT2D eigenvalue weighted by Crippen LogP contribution is -2.33. The summed E-state index contributed by atoms with van der Waals surface area (Å²) >= 11 is 0. The summed E-state index contributed by atoms with van der Waals surface area (Å²) in [4.78, 5) is 0. The van der Waals surface area contributed by atoms with Gasteiger partial charge >= 0.3 is 0 Å². The van der Waals surface area contributed by atoms with Crippen LogP contribution >= 0.6 is 0 Å². The second-order valence-corrected chi connectivity index (χ2v) is 4.46. The molecule has 1 N–H and O–H groups in total. The molecular weight excluding hydrogens is 186 g/mol. The van der Waals surface area contributed by atoms with E-state index >= 15 is 0 Å². The lowest BCUT2D eigenvalue weighted by Gasteiger charge is -2.17. The van der Waals surface area contributed by atoms with Crippen molar-refractivity contribution in [2.45, 2.75) is 71.9 Å². The zero-order chi connectivity index (χ0) is 11.5. The van der Waals surface area contributed by atoms with Crippen LogP contribution in [0.4, 0.5) is 0 Å². The van der Waals surface area contributed by atoms with Crippen molar-refractivity contribution in [2.24, 2.45) is 0 Å². The van der Waals surface area contributed by atoms with Gasteiger partial charge in [0.05, 0.1) is 6.10 Å². The minimum Gasteiger partial charge on any atom is -0.377 e. The first-order valence-electron chi connectivity index (χ1n) is 6.55. The Bertz CT molecular complexity index is 128. The summed E-state index contributed by atoms with van der Waals surface area (Å²) in [5, 5.41) is 3.46. The molecular formula is C13H29NO. The molecule has 0 aliphatic heterocycles. The molecule has 0 rings (SSSR count). The molecule has 0 aromatic carbocycles. The highest BCUT2D eigenvalue weighted by atomic mass is 16.5. The lowest BCUT2D eigenvalue weighted by molar-refractivity contribution is 0.0614. The van der Waals surface area contributed by atoms with E-state index in [4.69, 9.17) is 4.74 Å². The summed E-state index contributed by atoms with van der Waals surface area (Å²) in [7, 11) is 0. The maximum absolute atomic E-state index is 5.72. The fourth-order valence-corrected chi connectivity index (χ4v) is 1.38. The highest BCUT2D eigenvalue weighted by Gasteiger charge is 2.03. The fraction of sp³-hybridized carbons (Fsp3) is 1.00. The second kappa shape index (κ2) is 10.4. The van der Waals surface area contributed by atoms with Crippen molar-refractivity contribution >= 4 is 0 Å². The van der Waals surface area contributed by atoms with Gasteiger partial charge in [-0.15, -0.1) is 0 Å². The Morgan fingerprint density at radius 2 is 1.80 bits per heavy atom. The van der Waals surface area contributed by atoms with Gasteiger partial charge in [0.25, 0.3) is 0 Å². The van der Waals surface area contributed by atoms with Gasteiger partial charge in [0.15, 0.2) is 0 Å². The third-order valence-electron chi connectivity index (χ3n) is 2.77. The molecule has 0 saturated carbocycles. The molecule has 0 aromatic heterocycles. The van der Waals surface area contributed by atoms with Crippen molar-refractivity contribution in [1.29, 1.82) is 0 Å². The van der Waals surface area contributed by atoms with Gasteiger partial charge in [-0.1, -0.05) is 33.1 Å². The first kappa shape index (κ1) is 14.9. The quantitative estimate of drug-likeness (QED) is 0.564. The van der Waals surface area contributed by atoms with Crippen molar-refractivity contribution in [3.05, 3.63) is 0 Å². The van der Waals surface area contributed by atoms with Gasteiger partial charge in [-0.3, -0.25) is 0 Å². The average molecular weight is 215 g/mol. The molecule has 0 radical (unpaired) electrons. The first-order chi connectivity index (χ1) is 7.20. The van der Waals surface area contributed by atoms with Crippen LogP contribution in [0.25, 0.3) is 0 Å². The number of ether oxygens (including phenoxy) is 1. The van der Waals surface area contributed by atoms with Crippen LogP contribution in [-0.4, -0.2) is 25.3 Å². The second-order valence-electron chi connectivity index (χ2n) is 4.46. The molecule has 0 saturated heterocycles. The summed E-state index contributed by atoms with van der Waals surface area (Å²) < 4.78 is 5.72. The molecule has 0 aromatic rings. The Kier molecular flexibility index (Phi) is 10.4. The molecule has 15 heavy (non-hydrogen) atoms. The molecule has 0 bridgehead atoms. The van der Waals surface area contributed by atoms with Gasteiger partial charge in [0, 0.05) is 19.2 Å². The summed E-state index contributed by atoms with van der Waals surface area (Å²) in [5.41, 5.74) is 0. The fourth-order valence-electron chi connectivity index (χ4n) is 1.38. The van der Waals surface area contributed by atoms with E-state index in [1.165, 1.54) is 32.1 Å². The van der Waals surface area contributed by atoms with E-state index in [-0.39, 0.29) is 0 Å². The van der Waals surface area contributed by atoms with Crippen LogP contribution in [-0.2, 0) is 4.74 Å². The number of unbranched alkanes of at least 4 members (excludes halogenated alkanes) is 3. The number of rotatable bonds is 10. The highest BCUT2D eigenvalue weighted by Crippen LogP contribution is 2.00. The molecule has 0 heterocycles. The Hall–Kier alpha value is -0.0800. The molecule has 0 spiro atoms. The number of nitrogens with one attached hydrogen (secondary N) is 1. The summed E-state index contributed by atoms with van der Waals surface area (Å²) in [6.07, 6.45) is 6.68. The zero-order valence-electron chi connectivity index (χ0n) is 11.0. The molecule has 2 atom stereocenters. The van der Waals surface area contributed by atoms with E-state index in [2.05, 4.69) is 33.0 Å². The van der Waals surface area contributed by atoms with E-state index in [0.717, 1.165) is 13.2 Å². The minimum absolute atomic E-state index is 0.348. The Morgan fingerprint density at radius 1 is 1.07 bits per heavy atom. The van der Waals surface area contributed by atoms with E-state index in [1.807, 2.05) is 0 Å². The van der Waals surface area contributed by atoms with Crippen molar-refractivity contribution in [2.75, 3.05) is 13.2 Å². The first-order valence-corrected chi connectivity index (χ1v) is 6.55. The Labute approximate surface area is 95.8 Å². The number of hydrogen-bond donors (Lipinski definition) is 1. The van der Waals surface area contributed by atoms with Crippen molar-refractivity contribution in [3.63, 3.8) is 0 Å². The Morgan fingerprint density at radius 3 is 2.40 bits per heavy atom. The predicted molar refractivity (Wildman–Crippen MR) is 67.3 cm³/mol. The van der Waals surface area contributed by atoms with Crippen molar-refractivity contribution < 1.29 is 4.74 Å². The van der Waals surface area contributed by atoms with Gasteiger partial charge in [-0.25, -0.2) is 0 Å². The van der Waals surface area contributed by atoms with Crippen molar-refractivity contribution in [1.82, 2.24) is 5.32 Å². The van der Waals surface area contributed by atoms with Crippen LogP contribution in [0.1, 0.15) is 59.8 Å². The Balaban J connectivity index is 3.21. The van der Waals surface area contributed by atoms with Gasteiger partial charge in [-0.05, 0) is 26.7 Å². The molecule has 0 aliphatic rings. The lowest BCUT2D eigenvalue weighted by atomic mass is 10.2. The zero-order valence-corrected chi connectivity index (χ0v) is 11.0. The average Bonchev–Trinajstić information content (AvgIpc) is 2.25. The maximum Gasteiger partial charge on any atom is 0.0671 e. The minimum atomic E-state index is 0.348. The molecule has 2 unspecified atom stereocenters. The summed E-state index contributed by atoms with van der Waals surface area (Å²) in [6.45, 7) is 10.7. The van der Waals surface area contributed by atoms with Crippen LogP contribution in [0.15, 0.2) is 0 Å². The van der Waals surface area contributed by atoms with Crippen molar-refractivity contribution in [3.8, 4) is 0 Å². The standard InChI is InChI=1S/C13H29NO/c1-5-7-8-9-10-15-13(4)11-14-12(3)6-2/h12-14H,5-11H2,1-4H3. The summed E-state index contributed by atoms with van der Waals surface area (Å²) in [6, 6.07) is 0.608. The van der Waals surface area contributed by atoms with Gasteiger partial charge in [0.2, 0.25) is 0 Å². The van der Waals surface area contributed by atoms with Crippen LogP contribution in [0.2, 0.25) is 0 Å². The van der Waals surface area contributed by atoms with Crippen LogP contribution in [0.5, 0.6) is 0 Å². The van der Waals surface area contributed by atoms with E-state index in [1.54, 1.807) is 0 Å². The molecule has 0 amide bonds. The largest absolute Gasteiger partial charge is 0.377 e. The normalized spacial score (nSPS) is 15.2. The van der Waals surface area contributed by atoms with Gasteiger partial charge < -0.3 is 10.1 Å². The summed E-state index contributed by atoms with van der Waals surface area (Å²) in [5.74, 6) is 0. The van der Waals surface area contributed by atoms with E-state index in [0.29, 0.717) is 12.1 Å². The SMILES string of the molecule is CCCCCCOC(C)CNC(C)CC. The predicted octanol–water partition coefficient (Wildman–Crippen LogP) is 3.36. The van der Waals surface area contributed by atoms with Crippen LogP contribution in [0.3, 0.4) is 0 Å². The molecule has 0 aliphatic carbocycles. The van der Waals surface area contributed by atoms with Crippen LogP contribution < -0.4 is 5.32 Å². The molecule has 2 heteroatoms. The third kappa shape index (κ3) is 10.2. The van der Waals surface area contributed by atoms with E-state index < -0.39 is 0 Å². The van der Waals surface area contributed by atoms with Crippen LogP contribution in [0, 0.1) is 0 Å². The van der Waals surface area contributed by atoms with E-state index in [9.17, 15) is 0 Å². The van der Waals surface area contributed by atoms with Gasteiger partial charge in [0.1, 0.15) is 0 Å². The highest BCUT2D eigenvalue weighted by molar-refractivity contribution is 4.61.